The third-order valence-electron chi connectivity index (χ3n) is 3.73. The van der Waals surface area contributed by atoms with Crippen molar-refractivity contribution in [1.82, 2.24) is 9.78 Å². The fourth-order valence-electron chi connectivity index (χ4n) is 2.83. The Morgan fingerprint density at radius 1 is 1.71 bits per heavy atom. The lowest BCUT2D eigenvalue weighted by Crippen LogP contribution is -2.51. The summed E-state index contributed by atoms with van der Waals surface area (Å²) in [6, 6.07) is 1.78. The predicted molar refractivity (Wildman–Crippen MR) is 66.8 cm³/mol. The van der Waals surface area contributed by atoms with Crippen molar-refractivity contribution in [3.63, 3.8) is 0 Å². The van der Waals surface area contributed by atoms with Gasteiger partial charge in [-0.25, -0.2) is 0 Å². The van der Waals surface area contributed by atoms with Crippen molar-refractivity contribution in [2.45, 2.75) is 51.6 Å². The number of aryl methyl sites for hydroxylation is 1. The first-order valence-electron chi connectivity index (χ1n) is 6.42. The van der Waals surface area contributed by atoms with Crippen LogP contribution in [0.15, 0.2) is 12.3 Å². The van der Waals surface area contributed by atoms with Gasteiger partial charge in [-0.3, -0.25) is 9.48 Å². The summed E-state index contributed by atoms with van der Waals surface area (Å²) in [7, 11) is 0. The number of carbonyl (C=O) groups is 1. The van der Waals surface area contributed by atoms with Crippen LogP contribution in [0.4, 0.5) is 0 Å². The van der Waals surface area contributed by atoms with Gasteiger partial charge < -0.3 is 5.73 Å². The highest BCUT2D eigenvalue weighted by Crippen LogP contribution is 2.32. The molecular formula is C13H21N3O. The van der Waals surface area contributed by atoms with E-state index in [4.69, 9.17) is 5.73 Å². The number of carbonyl (C=O) groups excluding carboxylic acids is 1. The Bertz CT molecular complexity index is 413. The molecule has 1 aliphatic carbocycles. The molecule has 4 nitrogen and oxygen atoms in total. The fraction of sp³-hybridized carbons (Fsp3) is 0.692. The molecule has 0 saturated heterocycles. The van der Waals surface area contributed by atoms with Crippen LogP contribution in [0.5, 0.6) is 0 Å². The Balaban J connectivity index is 2.24. The van der Waals surface area contributed by atoms with Crippen LogP contribution in [-0.4, -0.2) is 21.1 Å². The normalized spacial score (nSPS) is 29.2. The number of Topliss-reactive ketones (excluding diaryl/α,β-unsaturated/α-hetero) is 1. The van der Waals surface area contributed by atoms with Gasteiger partial charge in [0.1, 0.15) is 5.69 Å². The Labute approximate surface area is 102 Å². The first-order valence-corrected chi connectivity index (χ1v) is 6.42. The molecule has 1 saturated carbocycles. The zero-order valence-corrected chi connectivity index (χ0v) is 10.6. The van der Waals surface area contributed by atoms with Crippen molar-refractivity contribution in [3.05, 3.63) is 18.0 Å². The van der Waals surface area contributed by atoms with Gasteiger partial charge in [-0.15, -0.1) is 0 Å². The van der Waals surface area contributed by atoms with Crippen LogP contribution in [0, 0.1) is 5.92 Å². The van der Waals surface area contributed by atoms with Gasteiger partial charge in [0.15, 0.2) is 0 Å². The number of hydrogen-bond donors (Lipinski definition) is 1. The van der Waals surface area contributed by atoms with Gasteiger partial charge in [0.2, 0.25) is 5.78 Å². The Kier molecular flexibility index (Phi) is 3.33. The highest BCUT2D eigenvalue weighted by atomic mass is 16.1. The molecule has 1 aromatic heterocycles. The molecule has 1 fully saturated rings. The van der Waals surface area contributed by atoms with Gasteiger partial charge in [0.05, 0.1) is 5.54 Å². The minimum atomic E-state index is -0.676. The van der Waals surface area contributed by atoms with E-state index < -0.39 is 5.54 Å². The lowest BCUT2D eigenvalue weighted by molar-refractivity contribution is 0.0808. The second kappa shape index (κ2) is 4.61. The molecule has 0 bridgehead atoms. The molecule has 0 radical (unpaired) electrons. The average Bonchev–Trinajstić information content (AvgIpc) is 2.75. The van der Waals surface area contributed by atoms with E-state index in [1.165, 1.54) is 6.42 Å². The minimum absolute atomic E-state index is 0.0587. The number of nitrogens with two attached hydrogens (primary N) is 1. The SMILES string of the molecule is CCn1nccc1C(=O)C1(N)CCCC(C)C1. The first kappa shape index (κ1) is 12.3. The maximum Gasteiger partial charge on any atom is 0.200 e. The summed E-state index contributed by atoms with van der Waals surface area (Å²) in [5.74, 6) is 0.596. The second-order valence-corrected chi connectivity index (χ2v) is 5.22. The fourth-order valence-corrected chi connectivity index (χ4v) is 2.83. The second-order valence-electron chi connectivity index (χ2n) is 5.22. The Morgan fingerprint density at radius 2 is 2.47 bits per heavy atom. The van der Waals surface area contributed by atoms with Crippen molar-refractivity contribution in [1.29, 1.82) is 0 Å². The zero-order valence-electron chi connectivity index (χ0n) is 10.6. The van der Waals surface area contributed by atoms with Crippen molar-refractivity contribution in [2.75, 3.05) is 0 Å². The van der Waals surface area contributed by atoms with E-state index in [9.17, 15) is 4.79 Å². The van der Waals surface area contributed by atoms with E-state index in [-0.39, 0.29) is 5.78 Å². The van der Waals surface area contributed by atoms with Crippen LogP contribution >= 0.6 is 0 Å². The molecule has 2 N–H and O–H groups in total. The van der Waals surface area contributed by atoms with Crippen molar-refractivity contribution >= 4 is 5.78 Å². The first-order chi connectivity index (χ1) is 8.07. The molecule has 0 aliphatic heterocycles. The van der Waals surface area contributed by atoms with Crippen molar-refractivity contribution < 1.29 is 4.79 Å². The van der Waals surface area contributed by atoms with Gasteiger partial charge in [-0.2, -0.15) is 5.10 Å². The lowest BCUT2D eigenvalue weighted by Gasteiger charge is -2.35. The third kappa shape index (κ3) is 2.27. The summed E-state index contributed by atoms with van der Waals surface area (Å²) < 4.78 is 1.73. The minimum Gasteiger partial charge on any atom is -0.319 e. The smallest absolute Gasteiger partial charge is 0.200 e. The molecule has 1 aromatic rings. The summed E-state index contributed by atoms with van der Waals surface area (Å²) in [5, 5.41) is 4.14. The van der Waals surface area contributed by atoms with Crippen LogP contribution in [0.25, 0.3) is 0 Å². The van der Waals surface area contributed by atoms with E-state index in [0.29, 0.717) is 18.2 Å². The summed E-state index contributed by atoms with van der Waals surface area (Å²) in [6.07, 6.45) is 5.49. The predicted octanol–water partition coefficient (Wildman–Crippen LogP) is 1.99. The topological polar surface area (TPSA) is 60.9 Å². The molecule has 2 rings (SSSR count). The molecule has 1 heterocycles. The van der Waals surface area contributed by atoms with Gasteiger partial charge in [-0.05, 0) is 31.7 Å². The third-order valence-corrected chi connectivity index (χ3v) is 3.73. The highest BCUT2D eigenvalue weighted by molar-refractivity contribution is 6.01. The Morgan fingerprint density at radius 3 is 3.12 bits per heavy atom. The lowest BCUT2D eigenvalue weighted by atomic mass is 9.74. The molecule has 1 aliphatic rings. The largest absolute Gasteiger partial charge is 0.319 e. The summed E-state index contributed by atoms with van der Waals surface area (Å²) in [5.41, 5.74) is 6.30. The van der Waals surface area contributed by atoms with Gasteiger partial charge >= 0.3 is 0 Å². The molecule has 94 valence electrons. The van der Waals surface area contributed by atoms with Gasteiger partial charge in [-0.1, -0.05) is 19.8 Å². The molecule has 2 atom stereocenters. The maximum atomic E-state index is 12.5. The molecular weight excluding hydrogens is 214 g/mol. The molecule has 17 heavy (non-hydrogen) atoms. The van der Waals surface area contributed by atoms with Crippen LogP contribution < -0.4 is 5.73 Å². The van der Waals surface area contributed by atoms with Gasteiger partial charge in [0.25, 0.3) is 0 Å². The highest BCUT2D eigenvalue weighted by Gasteiger charge is 2.39. The maximum absolute atomic E-state index is 12.5. The number of aromatic nitrogens is 2. The van der Waals surface area contributed by atoms with E-state index in [0.717, 1.165) is 19.3 Å². The number of rotatable bonds is 3. The molecule has 4 heteroatoms. The van der Waals surface area contributed by atoms with Crippen molar-refractivity contribution in [3.8, 4) is 0 Å². The van der Waals surface area contributed by atoms with Crippen molar-refractivity contribution in [2.24, 2.45) is 11.7 Å². The molecule has 2 unspecified atom stereocenters. The molecule has 0 amide bonds. The van der Waals surface area contributed by atoms with E-state index in [1.54, 1.807) is 16.9 Å². The Hall–Kier alpha value is -1.16. The standard InChI is InChI=1S/C13H21N3O/c1-3-16-11(6-8-15-16)12(17)13(14)7-4-5-10(2)9-13/h6,8,10H,3-5,7,9,14H2,1-2H3. The average molecular weight is 235 g/mol. The van der Waals surface area contributed by atoms with E-state index in [1.807, 2.05) is 6.92 Å². The number of nitrogens with zero attached hydrogens (tertiary/aromatic N) is 2. The molecule has 0 spiro atoms. The van der Waals surface area contributed by atoms with E-state index in [2.05, 4.69) is 12.0 Å². The monoisotopic (exact) mass is 235 g/mol. The quantitative estimate of drug-likeness (QED) is 0.815. The summed E-state index contributed by atoms with van der Waals surface area (Å²) in [4.78, 5) is 12.5. The molecule has 0 aromatic carbocycles. The number of hydrogen-bond acceptors (Lipinski definition) is 3. The zero-order chi connectivity index (χ0) is 12.5. The summed E-state index contributed by atoms with van der Waals surface area (Å²) >= 11 is 0. The van der Waals surface area contributed by atoms with Crippen LogP contribution in [0.3, 0.4) is 0 Å². The summed E-state index contributed by atoms with van der Waals surface area (Å²) in [6.45, 7) is 4.86. The van der Waals surface area contributed by atoms with Crippen LogP contribution in [0.2, 0.25) is 0 Å². The van der Waals surface area contributed by atoms with Crippen LogP contribution in [-0.2, 0) is 6.54 Å². The van der Waals surface area contributed by atoms with Gasteiger partial charge in [0, 0.05) is 12.7 Å². The van der Waals surface area contributed by atoms with E-state index >= 15 is 0 Å². The van der Waals surface area contributed by atoms with Crippen LogP contribution in [0.1, 0.15) is 50.0 Å². The number of ketones is 1.